The lowest BCUT2D eigenvalue weighted by atomic mass is 9.90. The van der Waals surface area contributed by atoms with Crippen molar-refractivity contribution in [1.82, 2.24) is 0 Å². The Kier molecular flexibility index (Phi) is 7.87. The van der Waals surface area contributed by atoms with Crippen LogP contribution in [0, 0.1) is 5.92 Å². The molecule has 2 heteroatoms. The molecule has 1 rings (SSSR count). The Labute approximate surface area is 107 Å². The maximum atomic E-state index is 9.89. The van der Waals surface area contributed by atoms with Crippen molar-refractivity contribution in [1.29, 1.82) is 0 Å². The maximum Gasteiger partial charge on any atom is 0.0859 e. The first-order valence-corrected chi connectivity index (χ1v) is 7.55. The van der Waals surface area contributed by atoms with Gasteiger partial charge in [-0.2, -0.15) is 0 Å². The second kappa shape index (κ2) is 8.93. The van der Waals surface area contributed by atoms with Crippen molar-refractivity contribution in [3.63, 3.8) is 0 Å². The van der Waals surface area contributed by atoms with Crippen LogP contribution in [-0.4, -0.2) is 23.9 Å². The number of hydrogen-bond acceptors (Lipinski definition) is 2. The predicted octanol–water partition coefficient (Wildman–Crippen LogP) is 3.91. The largest absolute Gasteiger partial charge is 0.390 e. The Morgan fingerprint density at radius 2 is 1.88 bits per heavy atom. The fraction of sp³-hybridized carbons (Fsp3) is 1.00. The molecule has 1 unspecified atom stereocenters. The molecule has 0 amide bonds. The molecule has 2 nitrogen and oxygen atoms in total. The molecule has 1 fully saturated rings. The lowest BCUT2D eigenvalue weighted by Gasteiger charge is -2.32. The number of rotatable bonds is 8. The van der Waals surface area contributed by atoms with Crippen molar-refractivity contribution in [2.45, 2.75) is 83.8 Å². The second-order valence-electron chi connectivity index (χ2n) is 5.58. The van der Waals surface area contributed by atoms with Gasteiger partial charge in [0.25, 0.3) is 0 Å². The molecule has 0 saturated carbocycles. The highest BCUT2D eigenvalue weighted by molar-refractivity contribution is 4.78. The van der Waals surface area contributed by atoms with E-state index in [2.05, 4.69) is 13.8 Å². The van der Waals surface area contributed by atoms with Crippen molar-refractivity contribution in [2.24, 2.45) is 5.92 Å². The summed E-state index contributed by atoms with van der Waals surface area (Å²) in [6.07, 6.45) is 11.1. The summed E-state index contributed by atoms with van der Waals surface area (Å²) in [6, 6.07) is 0. The zero-order chi connectivity index (χ0) is 12.5. The van der Waals surface area contributed by atoms with Crippen LogP contribution in [0.5, 0.6) is 0 Å². The van der Waals surface area contributed by atoms with E-state index in [1.54, 1.807) is 0 Å². The molecule has 0 spiro atoms. The Morgan fingerprint density at radius 1 is 1.18 bits per heavy atom. The molecule has 1 aliphatic rings. The van der Waals surface area contributed by atoms with Crippen LogP contribution in [0.25, 0.3) is 0 Å². The van der Waals surface area contributed by atoms with Crippen molar-refractivity contribution in [3.8, 4) is 0 Å². The highest BCUT2D eigenvalue weighted by atomic mass is 16.5. The molecule has 0 aliphatic carbocycles. The molecule has 1 heterocycles. The number of aliphatic hydroxyl groups is 1. The van der Waals surface area contributed by atoms with Crippen LogP contribution in [0.1, 0.15) is 71.6 Å². The summed E-state index contributed by atoms with van der Waals surface area (Å²) in [5.74, 6) is 0.511. The molecular weight excluding hydrogens is 212 g/mol. The highest BCUT2D eigenvalue weighted by Gasteiger charge is 2.28. The molecule has 1 aliphatic heterocycles. The monoisotopic (exact) mass is 242 g/mol. The van der Waals surface area contributed by atoms with Gasteiger partial charge in [0.2, 0.25) is 0 Å². The third kappa shape index (κ3) is 5.87. The summed E-state index contributed by atoms with van der Waals surface area (Å²) >= 11 is 0. The molecule has 0 radical (unpaired) electrons. The van der Waals surface area contributed by atoms with Gasteiger partial charge in [-0.15, -0.1) is 0 Å². The minimum atomic E-state index is -0.223. The number of aliphatic hydroxyl groups excluding tert-OH is 1. The van der Waals surface area contributed by atoms with E-state index < -0.39 is 0 Å². The van der Waals surface area contributed by atoms with E-state index in [0.717, 1.165) is 19.4 Å². The van der Waals surface area contributed by atoms with E-state index in [1.165, 1.54) is 44.9 Å². The topological polar surface area (TPSA) is 29.5 Å². The van der Waals surface area contributed by atoms with Crippen LogP contribution >= 0.6 is 0 Å². The van der Waals surface area contributed by atoms with E-state index in [0.29, 0.717) is 5.92 Å². The molecule has 0 aromatic rings. The van der Waals surface area contributed by atoms with Gasteiger partial charge in [0, 0.05) is 6.61 Å². The third-order valence-corrected chi connectivity index (χ3v) is 3.91. The first kappa shape index (κ1) is 15.0. The lowest BCUT2D eigenvalue weighted by Crippen LogP contribution is -2.38. The van der Waals surface area contributed by atoms with Crippen molar-refractivity contribution in [3.05, 3.63) is 0 Å². The minimum absolute atomic E-state index is 0.0967. The molecule has 0 aromatic carbocycles. The molecule has 3 atom stereocenters. The normalized spacial score (nSPS) is 27.0. The SMILES string of the molecule is CCCCCCCCC(C)[C@@H]1OCCC[C@H]1O. The molecule has 102 valence electrons. The lowest BCUT2D eigenvalue weighted by molar-refractivity contribution is -0.0991. The van der Waals surface area contributed by atoms with Gasteiger partial charge in [-0.05, 0) is 25.2 Å². The summed E-state index contributed by atoms with van der Waals surface area (Å²) in [4.78, 5) is 0. The molecule has 0 bridgehead atoms. The summed E-state index contributed by atoms with van der Waals surface area (Å²) < 4.78 is 5.70. The van der Waals surface area contributed by atoms with Crippen LogP contribution in [0.4, 0.5) is 0 Å². The van der Waals surface area contributed by atoms with Crippen molar-refractivity contribution in [2.75, 3.05) is 6.61 Å². The van der Waals surface area contributed by atoms with Gasteiger partial charge in [0.1, 0.15) is 0 Å². The van der Waals surface area contributed by atoms with Gasteiger partial charge in [0.05, 0.1) is 12.2 Å². The number of ether oxygens (including phenoxy) is 1. The minimum Gasteiger partial charge on any atom is -0.390 e. The van der Waals surface area contributed by atoms with E-state index in [9.17, 15) is 5.11 Å². The average Bonchev–Trinajstić information content (AvgIpc) is 2.34. The second-order valence-corrected chi connectivity index (χ2v) is 5.58. The van der Waals surface area contributed by atoms with Crippen molar-refractivity contribution < 1.29 is 9.84 Å². The fourth-order valence-electron chi connectivity index (χ4n) is 2.74. The van der Waals surface area contributed by atoms with Crippen LogP contribution < -0.4 is 0 Å². The van der Waals surface area contributed by atoms with Crippen LogP contribution in [0.3, 0.4) is 0 Å². The molecule has 1 saturated heterocycles. The summed E-state index contributed by atoms with van der Waals surface area (Å²) in [5.41, 5.74) is 0. The fourth-order valence-corrected chi connectivity index (χ4v) is 2.74. The first-order valence-electron chi connectivity index (χ1n) is 7.55. The van der Waals surface area contributed by atoms with Gasteiger partial charge in [-0.1, -0.05) is 52.4 Å². The summed E-state index contributed by atoms with van der Waals surface area (Å²) in [7, 11) is 0. The predicted molar refractivity (Wildman–Crippen MR) is 72.1 cm³/mol. The summed E-state index contributed by atoms with van der Waals surface area (Å²) in [5, 5.41) is 9.89. The van der Waals surface area contributed by atoms with Gasteiger partial charge in [0.15, 0.2) is 0 Å². The maximum absolute atomic E-state index is 9.89. The Bertz CT molecular complexity index is 182. The number of unbranched alkanes of at least 4 members (excludes halogenated alkanes) is 5. The van der Waals surface area contributed by atoms with E-state index >= 15 is 0 Å². The van der Waals surface area contributed by atoms with Crippen LogP contribution in [0.2, 0.25) is 0 Å². The smallest absolute Gasteiger partial charge is 0.0859 e. The van der Waals surface area contributed by atoms with Gasteiger partial charge in [-0.25, -0.2) is 0 Å². The van der Waals surface area contributed by atoms with Gasteiger partial charge >= 0.3 is 0 Å². The van der Waals surface area contributed by atoms with E-state index in [4.69, 9.17) is 4.74 Å². The van der Waals surface area contributed by atoms with Gasteiger partial charge < -0.3 is 9.84 Å². The van der Waals surface area contributed by atoms with E-state index in [1.807, 2.05) is 0 Å². The quantitative estimate of drug-likeness (QED) is 0.654. The Morgan fingerprint density at radius 3 is 2.59 bits per heavy atom. The first-order chi connectivity index (χ1) is 8.25. The zero-order valence-corrected chi connectivity index (χ0v) is 11.7. The standard InChI is InChI=1S/C15H30O2/c1-3-4-5-6-7-8-10-13(2)15-14(16)11-9-12-17-15/h13-16H,3-12H2,1-2H3/t13?,14-,15+/m1/s1. The number of hydrogen-bond donors (Lipinski definition) is 1. The molecule has 1 N–H and O–H groups in total. The highest BCUT2D eigenvalue weighted by Crippen LogP contribution is 2.24. The van der Waals surface area contributed by atoms with Gasteiger partial charge in [-0.3, -0.25) is 0 Å². The molecular formula is C15H30O2. The van der Waals surface area contributed by atoms with Crippen LogP contribution in [-0.2, 0) is 4.74 Å². The van der Waals surface area contributed by atoms with Crippen molar-refractivity contribution >= 4 is 0 Å². The van der Waals surface area contributed by atoms with Crippen LogP contribution in [0.15, 0.2) is 0 Å². The third-order valence-electron chi connectivity index (χ3n) is 3.91. The Hall–Kier alpha value is -0.0800. The molecule has 0 aromatic heterocycles. The molecule has 17 heavy (non-hydrogen) atoms. The van der Waals surface area contributed by atoms with E-state index in [-0.39, 0.29) is 12.2 Å². The Balaban J connectivity index is 2.05. The zero-order valence-electron chi connectivity index (χ0n) is 11.7. The summed E-state index contributed by atoms with van der Waals surface area (Å²) in [6.45, 7) is 5.32. The average molecular weight is 242 g/mol.